The van der Waals surface area contributed by atoms with Crippen LogP contribution in [0.4, 0.5) is 0 Å². The van der Waals surface area contributed by atoms with Gasteiger partial charge in [0.2, 0.25) is 94.5 Å². The summed E-state index contributed by atoms with van der Waals surface area (Å²) in [4.78, 5) is 261. The Morgan fingerprint density at radius 3 is 0.679 bits per heavy atom. The van der Waals surface area contributed by atoms with Crippen LogP contribution in [-0.2, 0) is 91.1 Å². The van der Waals surface area contributed by atoms with Crippen LogP contribution in [0.2, 0.25) is 0 Å². The Morgan fingerprint density at radius 1 is 0.255 bits per heavy atom. The van der Waals surface area contributed by atoms with Crippen LogP contribution in [0.25, 0.3) is 0 Å². The molecule has 0 aliphatic carbocycles. The van der Waals surface area contributed by atoms with E-state index in [1.807, 2.05) is 5.32 Å². The number of amides is 16. The van der Waals surface area contributed by atoms with E-state index in [0.29, 0.717) is 0 Å². The maximum atomic E-state index is 14.7. The largest absolute Gasteiger partial charge is 0.481 e. The van der Waals surface area contributed by atoms with E-state index in [1.165, 1.54) is 13.8 Å². The molecule has 0 saturated carbocycles. The second kappa shape index (κ2) is 65.4. The number of carboxylic acids is 3. The van der Waals surface area contributed by atoms with Crippen molar-refractivity contribution in [2.24, 2.45) is 58.3 Å². The van der Waals surface area contributed by atoms with E-state index >= 15 is 0 Å². The zero-order valence-corrected chi connectivity index (χ0v) is 78.5. The molecule has 57 nitrogen and oxygen atoms in total. The summed E-state index contributed by atoms with van der Waals surface area (Å²) in [5, 5.41) is 167. The third-order valence-electron chi connectivity index (χ3n) is 20.7. The van der Waals surface area contributed by atoms with Gasteiger partial charge in [0.25, 0.3) is 0 Å². The monoisotopic (exact) mass is 1960 g/mol. The summed E-state index contributed by atoms with van der Waals surface area (Å²) in [6.45, 7) is 8.84. The summed E-state index contributed by atoms with van der Waals surface area (Å²) in [6, 6.07) is -30.1. The maximum absolute atomic E-state index is 14.7. The van der Waals surface area contributed by atoms with Gasteiger partial charge in [0, 0.05) is 26.2 Å². The lowest BCUT2D eigenvalue weighted by atomic mass is 9.96. The summed E-state index contributed by atoms with van der Waals surface area (Å²) < 4.78 is 0. The first kappa shape index (κ1) is 124. The number of nitrogens with one attached hydrogen (secondary N) is 24. The third kappa shape index (κ3) is 49.2. The molecule has 0 saturated heterocycles. The number of aliphatic hydroxyl groups excluding tert-OH is 6. The first-order chi connectivity index (χ1) is 64.2. The van der Waals surface area contributed by atoms with Crippen molar-refractivity contribution in [2.45, 2.75) is 268 Å². The second-order valence-electron chi connectivity index (χ2n) is 33.7. The zero-order valence-electron chi connectivity index (χ0n) is 78.5. The van der Waals surface area contributed by atoms with E-state index in [1.54, 1.807) is 55.4 Å². The first-order valence-corrected chi connectivity index (χ1v) is 44.4. The highest BCUT2D eigenvalue weighted by Crippen LogP contribution is 2.17. The Hall–Kier alpha value is -13.3. The number of carbonyl (C=O) groups is 19. The molecule has 16 amide bonds. The van der Waals surface area contributed by atoms with E-state index < -0.39 is 309 Å². The Labute approximate surface area is 790 Å². The van der Waals surface area contributed by atoms with Crippen LogP contribution in [-0.4, -0.2) is 351 Å². The highest BCUT2D eigenvalue weighted by molar-refractivity contribution is 6.02. The van der Waals surface area contributed by atoms with E-state index in [0.717, 1.165) is 0 Å². The molecule has 43 N–H and O–H groups in total. The number of hydrogen-bond acceptors (Lipinski definition) is 30. The molecular weight excluding hydrogens is 1820 g/mol. The molecule has 0 aromatic rings. The van der Waals surface area contributed by atoms with Gasteiger partial charge in [-0.15, -0.1) is 0 Å². The standard InChI is InChI=1S/C80H145N29O28/c1-11-39(9)58(108-68(128)49(29-57(118)119)100-65(125)46(26-37(5)6)98-61(121)43(18-14-22-91-78(84)85)95-70(130)51(31-111)106-71(131)52(32-112)102-62(122)42(17-13-21-90-77(82)83)94-60(120)41(81)25-36(3)4)74(134)97-45(20-16-24-93-80(88)89)64(124)104-54(34-114)73(133)109-59(40(10)12-2)75(135)101-47(27-38(7)8)66(126)99-48(28-56(116)117)67(127)105-50(30-110)69(129)96-44(19-15-23-92-79(86)87)63(123)103-53(33-113)72(132)107-55(35-115)76(136)137/h36-55,58-59,110-115H,11-35,81H2,1-10H3,(H,94,120)(H,95,130)(H,96,129)(H,97,134)(H,98,121)(H,99,126)(H,100,125)(H,101,135)(H,102,122)(H,103,123)(H,104,124)(H,105,127)(H,106,131)(H,107,132)(H,108,128)(H,109,133)(H,116,117)(H,118,119)(H,136,137)(H4,82,83,90)(H4,84,85,91)(H4,86,87,92)(H4,88,89,93)/t39-,40-,41-,42-,43-,44-,45-,46-,47-,48-,49-,50-,51-,52-,53-,54-,55-,58-,59-/m0/s1. The van der Waals surface area contributed by atoms with Crippen molar-refractivity contribution in [1.82, 2.24) is 106 Å². The predicted octanol–water partition coefficient (Wildman–Crippen LogP) is -13.7. The van der Waals surface area contributed by atoms with Crippen molar-refractivity contribution in [3.8, 4) is 0 Å². The van der Waals surface area contributed by atoms with Gasteiger partial charge in [0.05, 0.1) is 58.5 Å². The van der Waals surface area contributed by atoms with Crippen molar-refractivity contribution >= 4 is 136 Å². The average Bonchev–Trinajstić information content (AvgIpc) is 0.842. The maximum Gasteiger partial charge on any atom is 0.328 e. The fraction of sp³-hybridized carbons (Fsp3) is 0.713. The molecule has 0 aromatic heterocycles. The quantitative estimate of drug-likeness (QED) is 0.0153. The lowest BCUT2D eigenvalue weighted by Crippen LogP contribution is -2.62. The molecular formula is C80H145N29O28. The number of guanidine groups is 4. The predicted molar refractivity (Wildman–Crippen MR) is 487 cm³/mol. The molecule has 0 aliphatic heterocycles. The van der Waals surface area contributed by atoms with E-state index in [9.17, 15) is 137 Å². The van der Waals surface area contributed by atoms with Crippen molar-refractivity contribution in [3.05, 3.63) is 0 Å². The topological polar surface area (TPSA) is 973 Å². The molecule has 0 fully saturated rings. The fourth-order valence-electron chi connectivity index (χ4n) is 12.8. The summed E-state index contributed by atoms with van der Waals surface area (Å²) in [5.41, 5.74) is 27.7. The van der Waals surface area contributed by atoms with Gasteiger partial charge in [-0.1, -0.05) is 82.1 Å². The van der Waals surface area contributed by atoms with E-state index in [-0.39, 0.29) is 122 Å². The van der Waals surface area contributed by atoms with Crippen molar-refractivity contribution < 1.29 is 137 Å². The van der Waals surface area contributed by atoms with Crippen LogP contribution in [0, 0.1) is 51.2 Å². The number of carboxylic acid groups (broad SMARTS) is 3. The number of nitrogens with two attached hydrogens (primary N) is 5. The van der Waals surface area contributed by atoms with Gasteiger partial charge in [-0.05, 0) is 100 Å². The molecule has 0 heterocycles. The summed E-state index contributed by atoms with van der Waals surface area (Å²) in [7, 11) is 0. The number of aliphatic hydroxyl groups is 6. The van der Waals surface area contributed by atoms with Crippen LogP contribution in [0.15, 0.2) is 0 Å². The molecule has 57 heteroatoms. The Balaban J connectivity index is 7.31. The minimum absolute atomic E-state index is 0.0309. The average molecular weight is 1960 g/mol. The van der Waals surface area contributed by atoms with Gasteiger partial charge in [0.15, 0.2) is 23.8 Å². The first-order valence-electron chi connectivity index (χ1n) is 44.4. The smallest absolute Gasteiger partial charge is 0.328 e. The van der Waals surface area contributed by atoms with Gasteiger partial charge < -0.3 is 181 Å². The van der Waals surface area contributed by atoms with Crippen LogP contribution in [0.5, 0.6) is 0 Å². The number of hydrogen-bond donors (Lipinski definition) is 38. The van der Waals surface area contributed by atoms with Crippen molar-refractivity contribution in [3.63, 3.8) is 0 Å². The van der Waals surface area contributed by atoms with Crippen molar-refractivity contribution in [1.29, 1.82) is 21.6 Å². The highest BCUT2D eigenvalue weighted by atomic mass is 16.4. The van der Waals surface area contributed by atoms with Gasteiger partial charge in [-0.3, -0.25) is 108 Å². The minimum atomic E-state index is -2.12. The van der Waals surface area contributed by atoms with Crippen LogP contribution in [0.3, 0.4) is 0 Å². The molecule has 19 atom stereocenters. The summed E-state index contributed by atoms with van der Waals surface area (Å²) in [5.74, 6) is -28.9. The highest BCUT2D eigenvalue weighted by Gasteiger charge is 2.41. The lowest BCUT2D eigenvalue weighted by molar-refractivity contribution is -0.144. The third-order valence-corrected chi connectivity index (χ3v) is 20.7. The number of rotatable bonds is 69. The Bertz CT molecular complexity index is 4060. The van der Waals surface area contributed by atoms with Gasteiger partial charge in [-0.2, -0.15) is 0 Å². The molecule has 0 aliphatic rings. The van der Waals surface area contributed by atoms with Crippen LogP contribution in [0.1, 0.15) is 166 Å². The van der Waals surface area contributed by atoms with Crippen LogP contribution >= 0.6 is 0 Å². The number of carbonyl (C=O) groups excluding carboxylic acids is 16. The van der Waals surface area contributed by atoms with Crippen molar-refractivity contribution in [2.75, 3.05) is 65.8 Å². The van der Waals surface area contributed by atoms with Gasteiger partial charge in [-0.25, -0.2) is 4.79 Å². The van der Waals surface area contributed by atoms with Gasteiger partial charge in [0.1, 0.15) is 96.7 Å². The van der Waals surface area contributed by atoms with Gasteiger partial charge >= 0.3 is 17.9 Å². The van der Waals surface area contributed by atoms with E-state index in [4.69, 9.17) is 50.3 Å². The minimum Gasteiger partial charge on any atom is -0.481 e. The SMILES string of the molecule is CC[C@H](C)[C@H](NC(=O)[C@H](CC(=O)O)NC(=O)[C@H](CC(C)C)NC(=O)[C@H](CCCNC(=N)N)NC(=O)[C@H](CO)NC(=O)[C@H](CO)NC(=O)[C@H](CCCNC(=N)N)NC(=O)[C@@H](N)CC(C)C)C(=O)N[C@@H](CCCNC(=N)N)C(=O)N[C@@H](CO)C(=O)N[C@H](C(=O)N[C@@H](CC(C)C)C(=O)N[C@@H](CC(=O)O)C(=O)N[C@@H](CO)C(=O)N[C@@H](CCCNC(=N)N)C(=O)N[C@@H](CO)C(=O)N[C@@H](CO)C(=O)O)[C@@H](C)CC. The zero-order chi connectivity index (χ0) is 105. The molecule has 0 unspecified atom stereocenters. The Kier molecular flexibility index (Phi) is 59.1. The summed E-state index contributed by atoms with van der Waals surface area (Å²) in [6.07, 6.45) is -3.79. The molecule has 778 valence electrons. The van der Waals surface area contributed by atoms with E-state index in [2.05, 4.69) is 101 Å². The normalized spacial score (nSPS) is 15.3. The molecule has 0 aromatic carbocycles. The molecule has 0 rings (SSSR count). The molecule has 0 spiro atoms. The fourth-order valence-corrected chi connectivity index (χ4v) is 12.8. The summed E-state index contributed by atoms with van der Waals surface area (Å²) >= 11 is 0. The second-order valence-corrected chi connectivity index (χ2v) is 33.7. The number of aliphatic carboxylic acids is 3. The molecule has 137 heavy (non-hydrogen) atoms. The lowest BCUT2D eigenvalue weighted by Gasteiger charge is -2.30. The molecule has 0 bridgehead atoms. The molecule has 0 radical (unpaired) electrons. The Morgan fingerprint density at radius 2 is 0.445 bits per heavy atom. The van der Waals surface area contributed by atoms with Crippen LogP contribution < -0.4 is 135 Å².